The fraction of sp³-hybridized carbons (Fsp3) is 0.148. The van der Waals surface area contributed by atoms with Crippen LogP contribution < -0.4 is 10.6 Å². The van der Waals surface area contributed by atoms with Crippen LogP contribution in [0.25, 0.3) is 11.3 Å². The average Bonchev–Trinajstić information content (AvgIpc) is 3.31. The van der Waals surface area contributed by atoms with E-state index in [0.717, 1.165) is 21.7 Å². The van der Waals surface area contributed by atoms with Crippen LogP contribution in [0.2, 0.25) is 0 Å². The maximum absolute atomic E-state index is 12.9. The van der Waals surface area contributed by atoms with Gasteiger partial charge < -0.3 is 10.6 Å². The molecular formula is C27H25N3O2S2. The molecule has 0 spiro atoms. The van der Waals surface area contributed by atoms with Crippen molar-refractivity contribution in [2.24, 2.45) is 0 Å². The molecule has 0 aliphatic rings. The maximum Gasteiger partial charge on any atom is 0.255 e. The fourth-order valence-corrected chi connectivity index (χ4v) is 5.12. The van der Waals surface area contributed by atoms with E-state index in [1.165, 1.54) is 23.1 Å². The van der Waals surface area contributed by atoms with Crippen molar-refractivity contribution in [1.29, 1.82) is 0 Å². The van der Waals surface area contributed by atoms with Gasteiger partial charge in [0.2, 0.25) is 5.91 Å². The van der Waals surface area contributed by atoms with Crippen molar-refractivity contribution in [2.45, 2.75) is 30.4 Å². The lowest BCUT2D eigenvalue weighted by Gasteiger charge is -2.14. The van der Waals surface area contributed by atoms with Crippen LogP contribution in [0.1, 0.15) is 29.3 Å². The summed E-state index contributed by atoms with van der Waals surface area (Å²) in [6.45, 7) is 3.94. The highest BCUT2D eigenvalue weighted by atomic mass is 32.2. The molecule has 7 heteroatoms. The molecule has 0 saturated heterocycles. The van der Waals surface area contributed by atoms with Crippen molar-refractivity contribution in [3.05, 3.63) is 95.4 Å². The van der Waals surface area contributed by atoms with Gasteiger partial charge in [-0.2, -0.15) is 0 Å². The second-order valence-corrected chi connectivity index (χ2v) is 9.89. The summed E-state index contributed by atoms with van der Waals surface area (Å²) in [4.78, 5) is 31.0. The molecule has 4 rings (SSSR count). The average molecular weight is 488 g/mol. The number of rotatable bonds is 8. The zero-order valence-corrected chi connectivity index (χ0v) is 20.6. The van der Waals surface area contributed by atoms with Crippen LogP contribution in [0.4, 0.5) is 10.8 Å². The zero-order chi connectivity index (χ0) is 23.9. The standard InChI is InChI=1S/C27H25N3O2S2/c1-3-24(26(32)30-27-29-23(17-33-27)19-10-5-4-6-11-19)34-22-14-8-13-21(16-22)28-25(31)20-12-7-9-18(2)15-20/h4-17,24H,3H2,1-2H3,(H,28,31)(H,29,30,32). The molecular weight excluding hydrogens is 462 g/mol. The van der Waals surface area contributed by atoms with E-state index in [4.69, 9.17) is 0 Å². The highest BCUT2D eigenvalue weighted by molar-refractivity contribution is 8.00. The van der Waals surface area contributed by atoms with Crippen LogP contribution in [0.3, 0.4) is 0 Å². The van der Waals surface area contributed by atoms with Gasteiger partial charge in [0.1, 0.15) is 0 Å². The Morgan fingerprint density at radius 1 is 0.971 bits per heavy atom. The van der Waals surface area contributed by atoms with Crippen molar-refractivity contribution >= 4 is 45.7 Å². The van der Waals surface area contributed by atoms with Crippen LogP contribution in [0.5, 0.6) is 0 Å². The van der Waals surface area contributed by atoms with Gasteiger partial charge in [-0.05, 0) is 43.7 Å². The van der Waals surface area contributed by atoms with Crippen molar-refractivity contribution < 1.29 is 9.59 Å². The molecule has 2 amide bonds. The van der Waals surface area contributed by atoms with Crippen LogP contribution in [0, 0.1) is 6.92 Å². The van der Waals surface area contributed by atoms with Crippen LogP contribution in [0.15, 0.2) is 89.1 Å². The lowest BCUT2D eigenvalue weighted by molar-refractivity contribution is -0.115. The topological polar surface area (TPSA) is 71.1 Å². The number of aryl methyl sites for hydroxylation is 1. The van der Waals surface area contributed by atoms with Gasteiger partial charge in [-0.15, -0.1) is 23.1 Å². The molecule has 4 aromatic rings. The Kier molecular flexibility index (Phi) is 7.77. The van der Waals surface area contributed by atoms with Gasteiger partial charge in [0.05, 0.1) is 10.9 Å². The van der Waals surface area contributed by atoms with Gasteiger partial charge in [-0.25, -0.2) is 4.98 Å². The molecule has 0 aliphatic carbocycles. The lowest BCUT2D eigenvalue weighted by atomic mass is 10.1. The first-order chi connectivity index (χ1) is 16.5. The number of carbonyl (C=O) groups is 2. The van der Waals surface area contributed by atoms with E-state index in [9.17, 15) is 9.59 Å². The van der Waals surface area contributed by atoms with Crippen molar-refractivity contribution in [3.8, 4) is 11.3 Å². The Labute approximate surface area is 207 Å². The quantitative estimate of drug-likeness (QED) is 0.266. The summed E-state index contributed by atoms with van der Waals surface area (Å²) in [6.07, 6.45) is 0.660. The Bertz CT molecular complexity index is 1290. The van der Waals surface area contributed by atoms with Gasteiger partial charge >= 0.3 is 0 Å². The number of hydrogen-bond donors (Lipinski definition) is 2. The normalized spacial score (nSPS) is 11.6. The monoisotopic (exact) mass is 487 g/mol. The first-order valence-electron chi connectivity index (χ1n) is 11.0. The van der Waals surface area contributed by atoms with Gasteiger partial charge in [0, 0.05) is 27.1 Å². The summed E-state index contributed by atoms with van der Waals surface area (Å²) in [5, 5.41) is 8.14. The van der Waals surface area contributed by atoms with Crippen LogP contribution >= 0.6 is 23.1 Å². The number of hydrogen-bond acceptors (Lipinski definition) is 5. The molecule has 3 aromatic carbocycles. The largest absolute Gasteiger partial charge is 0.322 e. The van der Waals surface area contributed by atoms with E-state index >= 15 is 0 Å². The number of carbonyl (C=O) groups excluding carboxylic acids is 2. The first-order valence-corrected chi connectivity index (χ1v) is 12.7. The van der Waals surface area contributed by atoms with Gasteiger partial charge in [0.25, 0.3) is 5.91 Å². The lowest BCUT2D eigenvalue weighted by Crippen LogP contribution is -2.24. The van der Waals surface area contributed by atoms with E-state index in [-0.39, 0.29) is 17.1 Å². The highest BCUT2D eigenvalue weighted by Crippen LogP contribution is 2.30. The third-order valence-electron chi connectivity index (χ3n) is 5.12. The van der Waals surface area contributed by atoms with Crippen molar-refractivity contribution in [3.63, 3.8) is 0 Å². The number of anilines is 2. The van der Waals surface area contributed by atoms with E-state index in [1.54, 1.807) is 6.07 Å². The van der Waals surface area contributed by atoms with E-state index in [0.29, 0.717) is 22.8 Å². The number of nitrogens with one attached hydrogen (secondary N) is 2. The minimum absolute atomic E-state index is 0.0874. The molecule has 0 radical (unpaired) electrons. The second-order valence-electron chi connectivity index (χ2n) is 7.76. The SMILES string of the molecule is CCC(Sc1cccc(NC(=O)c2cccc(C)c2)c1)C(=O)Nc1nc(-c2ccccc2)cs1. The van der Waals surface area contributed by atoms with Gasteiger partial charge in [-0.1, -0.05) is 61.0 Å². The van der Waals surface area contributed by atoms with Crippen molar-refractivity contribution in [1.82, 2.24) is 4.98 Å². The van der Waals surface area contributed by atoms with Crippen LogP contribution in [-0.2, 0) is 4.79 Å². The number of thiazole rings is 1. The number of benzene rings is 3. The molecule has 1 atom stereocenters. The molecule has 0 saturated carbocycles. The molecule has 0 fully saturated rings. The molecule has 2 N–H and O–H groups in total. The smallest absolute Gasteiger partial charge is 0.255 e. The summed E-state index contributed by atoms with van der Waals surface area (Å²) in [5.74, 6) is -0.246. The third kappa shape index (κ3) is 6.12. The van der Waals surface area contributed by atoms with Gasteiger partial charge in [0.15, 0.2) is 5.13 Å². The summed E-state index contributed by atoms with van der Waals surface area (Å²) in [5.41, 5.74) is 4.20. The number of aromatic nitrogens is 1. The van der Waals surface area contributed by atoms with E-state index in [1.807, 2.05) is 92.0 Å². The third-order valence-corrected chi connectivity index (χ3v) is 7.23. The molecule has 172 valence electrons. The number of amides is 2. The predicted molar refractivity (Wildman–Crippen MR) is 142 cm³/mol. The Balaban J connectivity index is 1.40. The molecule has 34 heavy (non-hydrogen) atoms. The molecule has 1 aromatic heterocycles. The summed E-state index contributed by atoms with van der Waals surface area (Å²) < 4.78 is 0. The fourth-order valence-electron chi connectivity index (χ4n) is 3.38. The Morgan fingerprint density at radius 2 is 1.76 bits per heavy atom. The molecule has 0 bridgehead atoms. The summed E-state index contributed by atoms with van der Waals surface area (Å²) in [7, 11) is 0. The number of nitrogens with zero attached hydrogens (tertiary/aromatic N) is 1. The molecule has 5 nitrogen and oxygen atoms in total. The maximum atomic E-state index is 12.9. The summed E-state index contributed by atoms with van der Waals surface area (Å²) >= 11 is 2.89. The van der Waals surface area contributed by atoms with Crippen LogP contribution in [-0.4, -0.2) is 22.0 Å². The zero-order valence-electron chi connectivity index (χ0n) is 18.9. The van der Waals surface area contributed by atoms with E-state index in [2.05, 4.69) is 15.6 Å². The van der Waals surface area contributed by atoms with E-state index < -0.39 is 0 Å². The summed E-state index contributed by atoms with van der Waals surface area (Å²) in [6, 6.07) is 24.9. The minimum atomic E-state index is -0.285. The molecule has 1 heterocycles. The second kappa shape index (κ2) is 11.1. The minimum Gasteiger partial charge on any atom is -0.322 e. The molecule has 0 aliphatic heterocycles. The predicted octanol–water partition coefficient (Wildman–Crippen LogP) is 6.88. The van der Waals surface area contributed by atoms with Crippen molar-refractivity contribution in [2.75, 3.05) is 10.6 Å². The molecule has 1 unspecified atom stereocenters. The Morgan fingerprint density at radius 3 is 2.53 bits per heavy atom. The number of thioether (sulfide) groups is 1. The van der Waals surface area contributed by atoms with Gasteiger partial charge in [-0.3, -0.25) is 9.59 Å². The first kappa shape index (κ1) is 23.7. The Hall–Kier alpha value is -3.42. The highest BCUT2D eigenvalue weighted by Gasteiger charge is 2.20.